The Labute approximate surface area is 205 Å². The van der Waals surface area contributed by atoms with E-state index in [1.165, 1.54) is 0 Å². The number of hydrogen-bond acceptors (Lipinski definition) is 4. The lowest BCUT2D eigenvalue weighted by atomic mass is 10.0. The van der Waals surface area contributed by atoms with E-state index >= 15 is 0 Å². The molecule has 4 nitrogen and oxygen atoms in total. The zero-order valence-corrected chi connectivity index (χ0v) is 21.5. The van der Waals surface area contributed by atoms with Crippen LogP contribution in [0.4, 0.5) is 0 Å². The first-order valence-electron chi connectivity index (χ1n) is 9.79. The summed E-state index contributed by atoms with van der Waals surface area (Å²) >= 11 is 7.17. The van der Waals surface area contributed by atoms with Gasteiger partial charge < -0.3 is 18.9 Å². The topological polar surface area (TPSA) is 36.9 Å². The van der Waals surface area contributed by atoms with Crippen molar-refractivity contribution in [1.29, 1.82) is 0 Å². The van der Waals surface area contributed by atoms with Gasteiger partial charge in [-0.2, -0.15) is 0 Å². The van der Waals surface area contributed by atoms with E-state index in [0.717, 1.165) is 42.7 Å². The molecule has 0 aromatic heterocycles. The molecular formula is C26H24Br2O4. The molecule has 3 aromatic rings. The van der Waals surface area contributed by atoms with E-state index in [9.17, 15) is 0 Å². The molecule has 0 saturated carbocycles. The van der Waals surface area contributed by atoms with Crippen LogP contribution in [-0.4, -0.2) is 28.4 Å². The van der Waals surface area contributed by atoms with Crippen LogP contribution >= 0.6 is 31.9 Å². The highest BCUT2D eigenvalue weighted by atomic mass is 79.9. The molecule has 0 aliphatic carbocycles. The lowest BCUT2D eigenvalue weighted by Gasteiger charge is -2.14. The van der Waals surface area contributed by atoms with Crippen molar-refractivity contribution in [1.82, 2.24) is 0 Å². The maximum Gasteiger partial charge on any atom is 0.168 e. The average Bonchev–Trinajstić information content (AvgIpc) is 2.82. The van der Waals surface area contributed by atoms with Gasteiger partial charge in [0.2, 0.25) is 0 Å². The van der Waals surface area contributed by atoms with E-state index in [1.807, 2.05) is 72.8 Å². The third kappa shape index (κ3) is 5.56. The van der Waals surface area contributed by atoms with Crippen molar-refractivity contribution in [3.8, 4) is 23.0 Å². The Hall–Kier alpha value is -2.70. The highest BCUT2D eigenvalue weighted by Crippen LogP contribution is 2.37. The SMILES string of the molecule is COc1ccc(Br)c(/C=C\c2ccc(/C=C\c3cc(OC)ccc3Br)c(OC)c2OC)c1. The molecule has 0 amide bonds. The van der Waals surface area contributed by atoms with Crippen LogP contribution in [0, 0.1) is 0 Å². The molecule has 3 rings (SSSR count). The van der Waals surface area contributed by atoms with Gasteiger partial charge in [0.05, 0.1) is 28.4 Å². The van der Waals surface area contributed by atoms with Crippen LogP contribution in [0.3, 0.4) is 0 Å². The molecule has 0 radical (unpaired) electrons. The van der Waals surface area contributed by atoms with Gasteiger partial charge in [0.15, 0.2) is 11.5 Å². The van der Waals surface area contributed by atoms with E-state index in [-0.39, 0.29) is 0 Å². The molecule has 0 spiro atoms. The molecule has 0 aliphatic heterocycles. The van der Waals surface area contributed by atoms with Crippen molar-refractivity contribution in [2.24, 2.45) is 0 Å². The van der Waals surface area contributed by atoms with Gasteiger partial charge in [0.25, 0.3) is 0 Å². The summed E-state index contributed by atoms with van der Waals surface area (Å²) in [5.41, 5.74) is 3.80. The average molecular weight is 560 g/mol. The number of rotatable bonds is 8. The van der Waals surface area contributed by atoms with Gasteiger partial charge in [0, 0.05) is 20.1 Å². The lowest BCUT2D eigenvalue weighted by molar-refractivity contribution is 0.354. The fourth-order valence-corrected chi connectivity index (χ4v) is 3.95. The van der Waals surface area contributed by atoms with Gasteiger partial charge in [-0.05, 0) is 47.5 Å². The first-order valence-corrected chi connectivity index (χ1v) is 11.4. The molecular weight excluding hydrogens is 536 g/mol. The Morgan fingerprint density at radius 2 is 0.875 bits per heavy atom. The standard InChI is InChI=1S/C26H24Br2O4/c1-29-21-11-13-23(27)19(15-21)9-7-17-5-6-18(26(32-4)25(17)31-3)8-10-20-16-22(30-2)12-14-24(20)28/h5-16H,1-4H3/b9-7-,10-8-. The van der Waals surface area contributed by atoms with Crippen molar-refractivity contribution in [3.63, 3.8) is 0 Å². The Bertz CT molecular complexity index is 1060. The van der Waals surface area contributed by atoms with Gasteiger partial charge in [0.1, 0.15) is 11.5 Å². The second-order valence-electron chi connectivity index (χ2n) is 6.75. The smallest absolute Gasteiger partial charge is 0.168 e. The molecule has 32 heavy (non-hydrogen) atoms. The highest BCUT2D eigenvalue weighted by Gasteiger charge is 2.12. The fourth-order valence-electron chi connectivity index (χ4n) is 3.19. The van der Waals surface area contributed by atoms with Crippen molar-refractivity contribution in [3.05, 3.63) is 79.7 Å². The monoisotopic (exact) mass is 558 g/mol. The Balaban J connectivity index is 1.97. The van der Waals surface area contributed by atoms with E-state index in [4.69, 9.17) is 18.9 Å². The highest BCUT2D eigenvalue weighted by molar-refractivity contribution is 9.10. The summed E-state index contributed by atoms with van der Waals surface area (Å²) in [5, 5.41) is 0. The molecule has 0 unspecified atom stereocenters. The zero-order valence-electron chi connectivity index (χ0n) is 18.3. The van der Waals surface area contributed by atoms with Gasteiger partial charge in [-0.25, -0.2) is 0 Å². The van der Waals surface area contributed by atoms with Gasteiger partial charge in [-0.15, -0.1) is 0 Å². The van der Waals surface area contributed by atoms with E-state index in [2.05, 4.69) is 31.9 Å². The first-order chi connectivity index (χ1) is 15.5. The predicted octanol–water partition coefficient (Wildman–Crippen LogP) is 7.59. The fraction of sp³-hybridized carbons (Fsp3) is 0.154. The third-order valence-corrected chi connectivity index (χ3v) is 6.32. The van der Waals surface area contributed by atoms with Crippen LogP contribution in [-0.2, 0) is 0 Å². The van der Waals surface area contributed by atoms with E-state index in [1.54, 1.807) is 28.4 Å². The summed E-state index contributed by atoms with van der Waals surface area (Å²) in [6.07, 6.45) is 8.00. The maximum absolute atomic E-state index is 5.71. The molecule has 0 aliphatic rings. The zero-order chi connectivity index (χ0) is 23.1. The summed E-state index contributed by atoms with van der Waals surface area (Å²) in [4.78, 5) is 0. The lowest BCUT2D eigenvalue weighted by Crippen LogP contribution is -1.95. The molecule has 0 saturated heterocycles. The van der Waals surface area contributed by atoms with Crippen LogP contribution in [0.25, 0.3) is 24.3 Å². The van der Waals surface area contributed by atoms with E-state index in [0.29, 0.717) is 11.5 Å². The van der Waals surface area contributed by atoms with Crippen LogP contribution in [0.2, 0.25) is 0 Å². The van der Waals surface area contributed by atoms with Crippen molar-refractivity contribution >= 4 is 56.2 Å². The summed E-state index contributed by atoms with van der Waals surface area (Å²) < 4.78 is 24.0. The molecule has 0 N–H and O–H groups in total. The second-order valence-corrected chi connectivity index (χ2v) is 8.46. The largest absolute Gasteiger partial charge is 0.497 e. The third-order valence-electron chi connectivity index (χ3n) is 4.87. The van der Waals surface area contributed by atoms with Crippen LogP contribution in [0.1, 0.15) is 22.3 Å². The van der Waals surface area contributed by atoms with Crippen LogP contribution < -0.4 is 18.9 Å². The Morgan fingerprint density at radius 3 is 1.22 bits per heavy atom. The van der Waals surface area contributed by atoms with Crippen molar-refractivity contribution in [2.45, 2.75) is 0 Å². The van der Waals surface area contributed by atoms with E-state index < -0.39 is 0 Å². The van der Waals surface area contributed by atoms with Gasteiger partial charge in [-0.1, -0.05) is 68.3 Å². The molecule has 3 aromatic carbocycles. The van der Waals surface area contributed by atoms with Crippen LogP contribution in [0.5, 0.6) is 23.0 Å². The number of halogens is 2. The van der Waals surface area contributed by atoms with Crippen molar-refractivity contribution < 1.29 is 18.9 Å². The predicted molar refractivity (Wildman–Crippen MR) is 139 cm³/mol. The minimum Gasteiger partial charge on any atom is -0.497 e. The summed E-state index contributed by atoms with van der Waals surface area (Å²) in [6, 6.07) is 15.7. The molecule has 0 bridgehead atoms. The minimum atomic E-state index is 0.662. The van der Waals surface area contributed by atoms with Crippen molar-refractivity contribution in [2.75, 3.05) is 28.4 Å². The number of methoxy groups -OCH3 is 4. The van der Waals surface area contributed by atoms with Crippen LogP contribution in [0.15, 0.2) is 57.5 Å². The molecule has 166 valence electrons. The second kappa shape index (κ2) is 11.2. The molecule has 0 fully saturated rings. The molecule has 6 heteroatoms. The quantitative estimate of drug-likeness (QED) is 0.266. The summed E-state index contributed by atoms with van der Waals surface area (Å²) in [7, 11) is 6.59. The molecule has 0 atom stereocenters. The summed E-state index contributed by atoms with van der Waals surface area (Å²) in [5.74, 6) is 2.91. The number of benzene rings is 3. The maximum atomic E-state index is 5.71. The number of hydrogen-bond donors (Lipinski definition) is 0. The first kappa shape index (κ1) is 24.0. The Morgan fingerprint density at radius 1 is 0.500 bits per heavy atom. The number of ether oxygens (including phenoxy) is 4. The summed E-state index contributed by atoms with van der Waals surface area (Å²) in [6.45, 7) is 0. The minimum absolute atomic E-state index is 0.662. The Kier molecular flexibility index (Phi) is 8.42. The van der Waals surface area contributed by atoms with Gasteiger partial charge in [-0.3, -0.25) is 0 Å². The normalized spacial score (nSPS) is 11.2. The molecule has 0 heterocycles. The van der Waals surface area contributed by atoms with Gasteiger partial charge >= 0.3 is 0 Å².